The summed E-state index contributed by atoms with van der Waals surface area (Å²) in [4.78, 5) is 4.04. The van der Waals surface area contributed by atoms with E-state index in [1.165, 1.54) is 20.3 Å². The van der Waals surface area contributed by atoms with Crippen molar-refractivity contribution in [1.82, 2.24) is 0 Å². The molecular weight excluding hydrogens is 306 g/mol. The highest BCUT2D eigenvalue weighted by Gasteiger charge is 2.08. The summed E-state index contributed by atoms with van der Waals surface area (Å²) in [7, 11) is 4.36. The lowest BCUT2D eigenvalue weighted by molar-refractivity contribution is -0.872. The van der Waals surface area contributed by atoms with Crippen molar-refractivity contribution >= 4 is 27.7 Å². The predicted octanol–water partition coefficient (Wildman–Crippen LogP) is 3.24. The van der Waals surface area contributed by atoms with E-state index in [9.17, 15) is 0 Å². The maximum Gasteiger partial charge on any atom is 0.103 e. The van der Waals surface area contributed by atoms with Gasteiger partial charge in [0.25, 0.3) is 0 Å². The summed E-state index contributed by atoms with van der Waals surface area (Å²) in [6.45, 7) is 1.05. The summed E-state index contributed by atoms with van der Waals surface area (Å²) in [5, 5.41) is 0. The summed E-state index contributed by atoms with van der Waals surface area (Å²) < 4.78 is 1.15. The van der Waals surface area contributed by atoms with Gasteiger partial charge < -0.3 is 4.90 Å². The van der Waals surface area contributed by atoms with Crippen LogP contribution in [0.4, 0.5) is 0 Å². The van der Waals surface area contributed by atoms with Gasteiger partial charge in [0.15, 0.2) is 0 Å². The molecule has 0 aliphatic carbocycles. The van der Waals surface area contributed by atoms with E-state index in [4.69, 9.17) is 0 Å². The second-order valence-corrected chi connectivity index (χ2v) is 6.46. The number of benzene rings is 2. The number of hydrogen-bond donors (Lipinski definition) is 1. The molecule has 2 aromatic carbocycles. The van der Waals surface area contributed by atoms with Crippen LogP contribution >= 0.6 is 27.7 Å². The first kappa shape index (κ1) is 13.7. The largest absolute Gasteiger partial charge is 0.336 e. The van der Waals surface area contributed by atoms with Gasteiger partial charge in [-0.15, -0.1) is 0 Å². The molecule has 0 atom stereocenters. The molecule has 0 unspecified atom stereocenters. The lowest BCUT2D eigenvalue weighted by Gasteiger charge is -2.12. The average Bonchev–Trinajstić information content (AvgIpc) is 2.34. The van der Waals surface area contributed by atoms with Crippen LogP contribution in [0.15, 0.2) is 62.8 Å². The van der Waals surface area contributed by atoms with Gasteiger partial charge in [-0.05, 0) is 34.1 Å². The molecule has 0 bridgehead atoms. The zero-order valence-corrected chi connectivity index (χ0v) is 13.0. The quantitative estimate of drug-likeness (QED) is 0.905. The van der Waals surface area contributed by atoms with Crippen LogP contribution in [-0.2, 0) is 6.54 Å². The van der Waals surface area contributed by atoms with Gasteiger partial charge >= 0.3 is 0 Å². The van der Waals surface area contributed by atoms with Crippen LogP contribution in [0.1, 0.15) is 5.56 Å². The lowest BCUT2D eigenvalue weighted by atomic mass is 10.2. The Labute approximate surface area is 121 Å². The first-order chi connectivity index (χ1) is 8.66. The fourth-order valence-electron chi connectivity index (χ4n) is 1.78. The maximum absolute atomic E-state index is 3.60. The number of quaternary nitrogens is 1. The van der Waals surface area contributed by atoms with Gasteiger partial charge in [-0.3, -0.25) is 0 Å². The molecule has 2 aromatic rings. The smallest absolute Gasteiger partial charge is 0.103 e. The number of rotatable bonds is 4. The number of hydrogen-bond acceptors (Lipinski definition) is 1. The maximum atomic E-state index is 3.60. The molecule has 94 valence electrons. The molecule has 0 radical (unpaired) electrons. The minimum absolute atomic E-state index is 1.05. The fraction of sp³-hybridized carbons (Fsp3) is 0.200. The SMILES string of the molecule is C[NH+](C)Cc1ccccc1Sc1ccccc1Br. The van der Waals surface area contributed by atoms with Gasteiger partial charge in [0, 0.05) is 19.8 Å². The molecule has 0 aliphatic rings. The van der Waals surface area contributed by atoms with E-state index in [0.717, 1.165) is 11.0 Å². The average molecular weight is 323 g/mol. The Morgan fingerprint density at radius 1 is 0.944 bits per heavy atom. The molecule has 0 saturated heterocycles. The third kappa shape index (κ3) is 3.61. The normalized spacial score (nSPS) is 10.9. The molecule has 1 N–H and O–H groups in total. The van der Waals surface area contributed by atoms with Gasteiger partial charge in [-0.2, -0.15) is 0 Å². The van der Waals surface area contributed by atoms with E-state index in [0.29, 0.717) is 0 Å². The van der Waals surface area contributed by atoms with E-state index < -0.39 is 0 Å². The van der Waals surface area contributed by atoms with Crippen molar-refractivity contribution in [3.05, 3.63) is 58.6 Å². The van der Waals surface area contributed by atoms with Crippen LogP contribution in [0.2, 0.25) is 0 Å². The van der Waals surface area contributed by atoms with Gasteiger partial charge in [0.05, 0.1) is 14.1 Å². The molecule has 0 saturated carbocycles. The monoisotopic (exact) mass is 322 g/mol. The topological polar surface area (TPSA) is 4.44 Å². The third-order valence-corrected chi connectivity index (χ3v) is 4.72. The van der Waals surface area contributed by atoms with Crippen LogP contribution in [-0.4, -0.2) is 14.1 Å². The van der Waals surface area contributed by atoms with Crippen molar-refractivity contribution < 1.29 is 4.90 Å². The van der Waals surface area contributed by atoms with Crippen LogP contribution in [0.3, 0.4) is 0 Å². The molecular formula is C15H17BrNS+. The minimum atomic E-state index is 1.05. The highest BCUT2D eigenvalue weighted by atomic mass is 79.9. The summed E-state index contributed by atoms with van der Waals surface area (Å²) in [5.41, 5.74) is 1.40. The summed E-state index contributed by atoms with van der Waals surface area (Å²) in [6, 6.07) is 17.0. The zero-order chi connectivity index (χ0) is 13.0. The summed E-state index contributed by atoms with van der Waals surface area (Å²) >= 11 is 5.43. The van der Waals surface area contributed by atoms with Crippen molar-refractivity contribution in [3.8, 4) is 0 Å². The van der Waals surface area contributed by atoms with Gasteiger partial charge in [0.2, 0.25) is 0 Å². The predicted molar refractivity (Wildman–Crippen MR) is 81.2 cm³/mol. The van der Waals surface area contributed by atoms with Crippen molar-refractivity contribution in [1.29, 1.82) is 0 Å². The first-order valence-electron chi connectivity index (χ1n) is 5.96. The number of halogens is 1. The minimum Gasteiger partial charge on any atom is -0.336 e. The van der Waals surface area contributed by atoms with Crippen molar-refractivity contribution in [2.24, 2.45) is 0 Å². The van der Waals surface area contributed by atoms with Crippen molar-refractivity contribution in [2.75, 3.05) is 14.1 Å². The third-order valence-electron chi connectivity index (χ3n) is 2.57. The van der Waals surface area contributed by atoms with Crippen molar-refractivity contribution in [3.63, 3.8) is 0 Å². The van der Waals surface area contributed by atoms with Gasteiger partial charge in [-0.1, -0.05) is 42.1 Å². The molecule has 18 heavy (non-hydrogen) atoms. The molecule has 0 aliphatic heterocycles. The van der Waals surface area contributed by atoms with E-state index >= 15 is 0 Å². The Morgan fingerprint density at radius 2 is 1.56 bits per heavy atom. The highest BCUT2D eigenvalue weighted by Crippen LogP contribution is 2.34. The molecule has 0 aromatic heterocycles. The molecule has 0 fully saturated rings. The van der Waals surface area contributed by atoms with E-state index in [2.05, 4.69) is 72.5 Å². The van der Waals surface area contributed by atoms with Gasteiger partial charge in [0.1, 0.15) is 6.54 Å². The van der Waals surface area contributed by atoms with E-state index in [-0.39, 0.29) is 0 Å². The summed E-state index contributed by atoms with van der Waals surface area (Å²) in [5.74, 6) is 0. The Hall–Kier alpha value is -0.770. The van der Waals surface area contributed by atoms with Crippen LogP contribution in [0, 0.1) is 0 Å². The second kappa shape index (κ2) is 6.41. The van der Waals surface area contributed by atoms with Crippen molar-refractivity contribution in [2.45, 2.75) is 16.3 Å². The molecule has 0 spiro atoms. The summed E-state index contributed by atoms with van der Waals surface area (Å²) in [6.07, 6.45) is 0. The number of nitrogens with one attached hydrogen (secondary N) is 1. The Bertz CT molecular complexity index is 525. The second-order valence-electron chi connectivity index (χ2n) is 4.52. The Morgan fingerprint density at radius 3 is 2.22 bits per heavy atom. The molecule has 3 heteroatoms. The highest BCUT2D eigenvalue weighted by molar-refractivity contribution is 9.10. The Balaban J connectivity index is 2.26. The molecule has 1 nitrogen and oxygen atoms in total. The van der Waals surface area contributed by atoms with Gasteiger partial charge in [-0.25, -0.2) is 0 Å². The standard InChI is InChI=1S/C15H16BrNS/c1-17(2)11-12-7-3-5-9-14(12)18-15-10-6-4-8-13(15)16/h3-10H,11H2,1-2H3/p+1. The zero-order valence-electron chi connectivity index (χ0n) is 10.6. The molecule has 0 amide bonds. The Kier molecular flexibility index (Phi) is 4.87. The van der Waals surface area contributed by atoms with E-state index in [1.54, 1.807) is 0 Å². The lowest BCUT2D eigenvalue weighted by Crippen LogP contribution is -3.04. The van der Waals surface area contributed by atoms with Crippen LogP contribution < -0.4 is 4.90 Å². The molecule has 0 heterocycles. The first-order valence-corrected chi connectivity index (χ1v) is 7.57. The van der Waals surface area contributed by atoms with E-state index in [1.807, 2.05) is 17.8 Å². The fourth-order valence-corrected chi connectivity index (χ4v) is 3.27. The molecule has 2 rings (SSSR count). The van der Waals surface area contributed by atoms with Crippen LogP contribution in [0.5, 0.6) is 0 Å². The van der Waals surface area contributed by atoms with Crippen LogP contribution in [0.25, 0.3) is 0 Å².